The summed E-state index contributed by atoms with van der Waals surface area (Å²) in [4.78, 5) is 16.6. The Kier molecular flexibility index (Phi) is 5.13. The Morgan fingerprint density at radius 1 is 1.19 bits per heavy atom. The first-order valence-electron chi connectivity index (χ1n) is 9.58. The van der Waals surface area contributed by atoms with Gasteiger partial charge in [-0.3, -0.25) is 9.69 Å². The average Bonchev–Trinajstić information content (AvgIpc) is 3.35. The van der Waals surface area contributed by atoms with Crippen molar-refractivity contribution in [3.05, 3.63) is 42.1 Å². The number of esters is 1. The van der Waals surface area contributed by atoms with Gasteiger partial charge in [-0.2, -0.15) is 5.10 Å². The number of aromatic nitrogens is 2. The lowest BCUT2D eigenvalue weighted by atomic mass is 10.1. The van der Waals surface area contributed by atoms with Crippen molar-refractivity contribution in [3.63, 3.8) is 0 Å². The number of nitrogens with zero attached hydrogens (tertiary/aromatic N) is 4. The quantitative estimate of drug-likeness (QED) is 0.818. The monoisotopic (exact) mass is 369 g/mol. The van der Waals surface area contributed by atoms with E-state index >= 15 is 0 Å². The summed E-state index contributed by atoms with van der Waals surface area (Å²) in [5.74, 6) is 0.994. The van der Waals surface area contributed by atoms with Gasteiger partial charge in [0.25, 0.3) is 0 Å². The fourth-order valence-corrected chi connectivity index (χ4v) is 4.10. The highest BCUT2D eigenvalue weighted by molar-refractivity contribution is 5.76. The highest BCUT2D eigenvalue weighted by Crippen LogP contribution is 2.24. The highest BCUT2D eigenvalue weighted by Gasteiger charge is 2.35. The number of aryl methyl sites for hydroxylation is 1. The molecule has 2 atom stereocenters. The van der Waals surface area contributed by atoms with E-state index in [-0.39, 0.29) is 12.0 Å². The molecule has 7 heteroatoms. The predicted octanol–water partition coefficient (Wildman–Crippen LogP) is 1.21. The molecule has 2 aliphatic rings. The summed E-state index contributed by atoms with van der Waals surface area (Å²) in [6.07, 6.45) is 0.827. The smallest absolute Gasteiger partial charge is 0.322 e. The molecule has 27 heavy (non-hydrogen) atoms. The molecule has 1 aromatic heterocycles. The van der Waals surface area contributed by atoms with E-state index < -0.39 is 0 Å². The molecule has 2 aliphatic heterocycles. The van der Waals surface area contributed by atoms with Gasteiger partial charge in [-0.15, -0.1) is 0 Å². The highest BCUT2D eigenvalue weighted by atomic mass is 16.5. The van der Waals surface area contributed by atoms with Crippen LogP contribution in [-0.4, -0.2) is 72.6 Å². The zero-order valence-electron chi connectivity index (χ0n) is 16.0. The molecule has 2 aromatic rings. The van der Waals surface area contributed by atoms with Crippen molar-refractivity contribution in [1.82, 2.24) is 20.0 Å². The normalized spacial score (nSPS) is 23.6. The second kappa shape index (κ2) is 7.70. The Hall–Kier alpha value is -2.38. The summed E-state index contributed by atoms with van der Waals surface area (Å²) in [7, 11) is 1.45. The van der Waals surface area contributed by atoms with Crippen LogP contribution < -0.4 is 10.2 Å². The van der Waals surface area contributed by atoms with Crippen molar-refractivity contribution >= 4 is 11.8 Å². The topological polar surface area (TPSA) is 62.6 Å². The number of carbonyl (C=O) groups excluding carboxylic acids is 1. The van der Waals surface area contributed by atoms with Gasteiger partial charge < -0.3 is 15.0 Å². The van der Waals surface area contributed by atoms with Gasteiger partial charge in [0.05, 0.1) is 18.5 Å². The molecule has 4 rings (SSSR count). The number of hydrogen-bond donors (Lipinski definition) is 1. The minimum atomic E-state index is -0.166. The Bertz CT molecular complexity index is 783. The molecule has 0 amide bonds. The lowest BCUT2D eigenvalue weighted by Crippen LogP contribution is -2.51. The zero-order valence-corrected chi connectivity index (χ0v) is 16.0. The van der Waals surface area contributed by atoms with Crippen LogP contribution >= 0.6 is 0 Å². The minimum Gasteiger partial charge on any atom is -0.468 e. The second-order valence-electron chi connectivity index (χ2n) is 7.29. The Labute approximate surface area is 159 Å². The standard InChI is InChI=1S/C20H27N5O2/c1-15-12-19(25(22-15)16-6-4-3-5-7-16)24-10-8-23(9-11-24)17-13-18(21-14-17)20(26)27-2/h3-7,12,17-18,21H,8-11,13-14H2,1-2H3/t17-,18-/m0/s1. The van der Waals surface area contributed by atoms with E-state index in [9.17, 15) is 4.79 Å². The Morgan fingerprint density at radius 3 is 2.63 bits per heavy atom. The van der Waals surface area contributed by atoms with Gasteiger partial charge in [0.2, 0.25) is 0 Å². The van der Waals surface area contributed by atoms with Gasteiger partial charge in [0.15, 0.2) is 0 Å². The molecule has 0 aliphatic carbocycles. The number of carbonyl (C=O) groups is 1. The maximum absolute atomic E-state index is 11.7. The molecule has 2 fully saturated rings. The van der Waals surface area contributed by atoms with Crippen LogP contribution in [0.15, 0.2) is 36.4 Å². The fraction of sp³-hybridized carbons (Fsp3) is 0.500. The zero-order chi connectivity index (χ0) is 18.8. The summed E-state index contributed by atoms with van der Waals surface area (Å²) in [5.41, 5.74) is 2.11. The van der Waals surface area contributed by atoms with Gasteiger partial charge in [-0.25, -0.2) is 4.68 Å². The maximum atomic E-state index is 11.7. The van der Waals surface area contributed by atoms with E-state index in [0.29, 0.717) is 6.04 Å². The van der Waals surface area contributed by atoms with Crippen LogP contribution in [0.2, 0.25) is 0 Å². The molecule has 0 spiro atoms. The Balaban J connectivity index is 1.41. The third kappa shape index (κ3) is 3.70. The number of nitrogens with one attached hydrogen (secondary N) is 1. The molecule has 0 unspecified atom stereocenters. The maximum Gasteiger partial charge on any atom is 0.322 e. The Morgan fingerprint density at radius 2 is 1.93 bits per heavy atom. The van der Waals surface area contributed by atoms with Crippen molar-refractivity contribution in [3.8, 4) is 5.69 Å². The van der Waals surface area contributed by atoms with Gasteiger partial charge in [-0.1, -0.05) is 18.2 Å². The third-order valence-corrected chi connectivity index (χ3v) is 5.56. The largest absolute Gasteiger partial charge is 0.468 e. The van der Waals surface area contributed by atoms with Crippen molar-refractivity contribution < 1.29 is 9.53 Å². The average molecular weight is 369 g/mol. The molecule has 144 valence electrons. The van der Waals surface area contributed by atoms with Crippen molar-refractivity contribution in [1.29, 1.82) is 0 Å². The number of anilines is 1. The third-order valence-electron chi connectivity index (χ3n) is 5.56. The molecular weight excluding hydrogens is 342 g/mol. The van der Waals surface area contributed by atoms with Gasteiger partial charge in [0, 0.05) is 44.8 Å². The van der Waals surface area contributed by atoms with Crippen molar-refractivity contribution in [2.24, 2.45) is 0 Å². The van der Waals surface area contributed by atoms with Crippen molar-refractivity contribution in [2.75, 3.05) is 44.7 Å². The molecule has 3 heterocycles. The molecule has 0 saturated carbocycles. The van der Waals surface area contributed by atoms with Crippen LogP contribution in [0.25, 0.3) is 5.69 Å². The first kappa shape index (κ1) is 18.0. The van der Waals surface area contributed by atoms with Gasteiger partial charge in [-0.05, 0) is 25.5 Å². The fourth-order valence-electron chi connectivity index (χ4n) is 4.10. The van der Waals surface area contributed by atoms with Crippen LogP contribution in [0.5, 0.6) is 0 Å². The molecule has 7 nitrogen and oxygen atoms in total. The van der Waals surface area contributed by atoms with Crippen molar-refractivity contribution in [2.45, 2.75) is 25.4 Å². The number of piperazine rings is 1. The molecule has 0 bridgehead atoms. The number of methoxy groups -OCH3 is 1. The number of rotatable bonds is 4. The summed E-state index contributed by atoms with van der Waals surface area (Å²) < 4.78 is 6.90. The first-order chi connectivity index (χ1) is 13.2. The number of ether oxygens (including phenoxy) is 1. The van der Waals surface area contributed by atoms with Crippen LogP contribution in [0, 0.1) is 6.92 Å². The lowest BCUT2D eigenvalue weighted by Gasteiger charge is -2.38. The van der Waals surface area contributed by atoms with E-state index in [1.165, 1.54) is 7.11 Å². The summed E-state index contributed by atoms with van der Waals surface area (Å²) in [5, 5.41) is 7.98. The van der Waals surface area contributed by atoms with Gasteiger partial charge in [0.1, 0.15) is 11.9 Å². The van der Waals surface area contributed by atoms with Crippen LogP contribution in [0.3, 0.4) is 0 Å². The van der Waals surface area contributed by atoms with E-state index in [2.05, 4.69) is 33.3 Å². The minimum absolute atomic E-state index is 0.154. The van der Waals surface area contributed by atoms with E-state index in [0.717, 1.165) is 56.3 Å². The first-order valence-corrected chi connectivity index (χ1v) is 9.58. The van der Waals surface area contributed by atoms with Crippen LogP contribution in [0.4, 0.5) is 5.82 Å². The van der Waals surface area contributed by atoms with E-state index in [1.807, 2.05) is 29.8 Å². The predicted molar refractivity (Wildman–Crippen MR) is 104 cm³/mol. The summed E-state index contributed by atoms with van der Waals surface area (Å²) in [6.45, 7) is 6.77. The molecule has 0 radical (unpaired) electrons. The van der Waals surface area contributed by atoms with E-state index in [1.54, 1.807) is 0 Å². The van der Waals surface area contributed by atoms with Gasteiger partial charge >= 0.3 is 5.97 Å². The number of hydrogen-bond acceptors (Lipinski definition) is 6. The van der Waals surface area contributed by atoms with Crippen LogP contribution in [0.1, 0.15) is 12.1 Å². The lowest BCUT2D eigenvalue weighted by molar-refractivity contribution is -0.142. The van der Waals surface area contributed by atoms with Crippen LogP contribution in [-0.2, 0) is 9.53 Å². The molecule has 2 saturated heterocycles. The molecular formula is C20H27N5O2. The number of benzene rings is 1. The van der Waals surface area contributed by atoms with E-state index in [4.69, 9.17) is 9.84 Å². The summed E-state index contributed by atoms with van der Waals surface area (Å²) in [6, 6.07) is 12.7. The SMILES string of the molecule is COC(=O)[C@@H]1C[C@H](N2CCN(c3cc(C)nn3-c3ccccc3)CC2)CN1. The summed E-state index contributed by atoms with van der Waals surface area (Å²) >= 11 is 0. The molecule has 1 N–H and O–H groups in total. The second-order valence-corrected chi connectivity index (χ2v) is 7.29. The molecule has 1 aromatic carbocycles. The number of para-hydroxylation sites is 1.